The first-order valence-corrected chi connectivity index (χ1v) is 16.8. The summed E-state index contributed by atoms with van der Waals surface area (Å²) in [7, 11) is 0. The number of nitrogens with zero attached hydrogens (tertiary/aromatic N) is 1. The summed E-state index contributed by atoms with van der Waals surface area (Å²) in [6.45, 7) is 9.01. The molecule has 3 N–H and O–H groups in total. The van der Waals surface area contributed by atoms with Crippen LogP contribution in [0.2, 0.25) is 0 Å². The maximum atomic E-state index is 11.5. The van der Waals surface area contributed by atoms with Gasteiger partial charge >= 0.3 is 17.9 Å². The molecule has 0 spiro atoms. The molecule has 7 nitrogen and oxygen atoms in total. The van der Waals surface area contributed by atoms with Gasteiger partial charge in [0.05, 0.1) is 43.6 Å². The first-order valence-electron chi connectivity index (χ1n) is 16.8. The molecular formula is C34H64NO6+. The quantitative estimate of drug-likeness (QED) is 0.0599. The molecule has 0 rings (SSSR count). The van der Waals surface area contributed by atoms with E-state index in [4.69, 9.17) is 0 Å². The van der Waals surface area contributed by atoms with Crippen molar-refractivity contribution in [3.63, 3.8) is 0 Å². The third-order valence-electron chi connectivity index (χ3n) is 8.68. The number of quaternary nitrogens is 1. The molecule has 0 aliphatic heterocycles. The lowest BCUT2D eigenvalue weighted by atomic mass is 10.0. The van der Waals surface area contributed by atoms with Crippen LogP contribution >= 0.6 is 0 Å². The van der Waals surface area contributed by atoms with Crippen molar-refractivity contribution in [2.75, 3.05) is 19.6 Å². The van der Waals surface area contributed by atoms with Crippen molar-refractivity contribution in [1.29, 1.82) is 0 Å². The van der Waals surface area contributed by atoms with Crippen LogP contribution in [0.3, 0.4) is 0 Å². The number of carbonyl (C=O) groups is 3. The molecule has 0 amide bonds. The van der Waals surface area contributed by atoms with Crippen molar-refractivity contribution < 1.29 is 34.2 Å². The van der Waals surface area contributed by atoms with Gasteiger partial charge in [-0.05, 0) is 18.9 Å². The number of carboxylic acid groups (broad SMARTS) is 3. The SMILES string of the molecule is CCCCCCCCCCCCCCCCC/C=C/[N+](CCC(C)C(=O)O)(CCC(C)C(=O)O)CCC(C)C(=O)O. The van der Waals surface area contributed by atoms with Crippen LogP contribution in [-0.4, -0.2) is 57.3 Å². The van der Waals surface area contributed by atoms with E-state index in [1.165, 1.54) is 89.9 Å². The largest absolute Gasteiger partial charge is 0.481 e. The van der Waals surface area contributed by atoms with Gasteiger partial charge in [-0.25, -0.2) is 0 Å². The Labute approximate surface area is 251 Å². The molecule has 3 unspecified atom stereocenters. The molecule has 0 aliphatic carbocycles. The van der Waals surface area contributed by atoms with Crippen LogP contribution in [0.5, 0.6) is 0 Å². The smallest absolute Gasteiger partial charge is 0.306 e. The molecule has 240 valence electrons. The normalized spacial score (nSPS) is 15.4. The van der Waals surface area contributed by atoms with Crippen molar-refractivity contribution in [3.05, 3.63) is 12.3 Å². The molecule has 0 saturated heterocycles. The lowest BCUT2D eigenvalue weighted by Gasteiger charge is -2.37. The van der Waals surface area contributed by atoms with Crippen LogP contribution < -0.4 is 0 Å². The van der Waals surface area contributed by atoms with E-state index in [-0.39, 0.29) is 0 Å². The van der Waals surface area contributed by atoms with Gasteiger partial charge in [-0.1, -0.05) is 118 Å². The molecule has 0 fully saturated rings. The van der Waals surface area contributed by atoms with E-state index in [9.17, 15) is 29.7 Å². The Bertz CT molecular complexity index is 662. The number of hydrogen-bond donors (Lipinski definition) is 3. The lowest BCUT2D eigenvalue weighted by molar-refractivity contribution is -0.881. The van der Waals surface area contributed by atoms with Gasteiger partial charge in [0.25, 0.3) is 0 Å². The van der Waals surface area contributed by atoms with Crippen molar-refractivity contribution in [3.8, 4) is 0 Å². The average molecular weight is 583 g/mol. The summed E-state index contributed by atoms with van der Waals surface area (Å²) in [5.74, 6) is -4.06. The predicted molar refractivity (Wildman–Crippen MR) is 168 cm³/mol. The number of carboxylic acids is 3. The molecular weight excluding hydrogens is 518 g/mol. The molecule has 0 saturated carbocycles. The zero-order chi connectivity index (χ0) is 30.9. The van der Waals surface area contributed by atoms with Gasteiger partial charge < -0.3 is 15.3 Å². The molecule has 0 radical (unpaired) electrons. The maximum Gasteiger partial charge on any atom is 0.306 e. The van der Waals surface area contributed by atoms with Crippen LogP contribution in [0.15, 0.2) is 12.3 Å². The molecule has 0 aromatic carbocycles. The minimum Gasteiger partial charge on any atom is -0.481 e. The molecule has 0 aromatic rings. The van der Waals surface area contributed by atoms with E-state index in [1.54, 1.807) is 20.8 Å². The Hall–Kier alpha value is -1.89. The fourth-order valence-corrected chi connectivity index (χ4v) is 5.21. The van der Waals surface area contributed by atoms with Crippen molar-refractivity contribution in [1.82, 2.24) is 0 Å². The maximum absolute atomic E-state index is 11.5. The Morgan fingerprint density at radius 3 is 1.12 bits per heavy atom. The van der Waals surface area contributed by atoms with Gasteiger partial charge in [-0.15, -0.1) is 0 Å². The number of allylic oxidation sites excluding steroid dienone is 1. The second kappa shape index (κ2) is 24.7. The monoisotopic (exact) mass is 582 g/mol. The van der Waals surface area contributed by atoms with E-state index < -0.39 is 35.7 Å². The molecule has 41 heavy (non-hydrogen) atoms. The lowest BCUT2D eigenvalue weighted by Crippen LogP contribution is -2.47. The fourth-order valence-electron chi connectivity index (χ4n) is 5.21. The minimum absolute atomic E-state index is 0.436. The standard InChI is InChI=1S/C34H63NO6/c1-5-6-7-8-9-10-11-12-13-14-15-16-17-18-19-20-21-25-35(26-22-29(2)32(36)37,27-23-30(3)33(38)39)28-24-31(4)34(40)41/h21,25,29-31H,5-20,22-24,26-28H2,1-4H3,(H2-,36,37,38,39,40,41)/p+1/b25-21+. The second-order valence-electron chi connectivity index (χ2n) is 12.6. The minimum atomic E-state index is -0.845. The number of rotatable bonds is 29. The van der Waals surface area contributed by atoms with E-state index in [0.717, 1.165) is 12.8 Å². The number of hydrogen-bond acceptors (Lipinski definition) is 3. The van der Waals surface area contributed by atoms with Crippen LogP contribution in [0.1, 0.15) is 150 Å². The molecule has 7 heteroatoms. The fraction of sp³-hybridized carbons (Fsp3) is 0.853. The van der Waals surface area contributed by atoms with Crippen LogP contribution in [0.25, 0.3) is 0 Å². The summed E-state index contributed by atoms with van der Waals surface area (Å²) in [5, 5.41) is 28.2. The summed E-state index contributed by atoms with van der Waals surface area (Å²) in [5.41, 5.74) is 0. The Balaban J connectivity index is 4.66. The Kier molecular flexibility index (Phi) is 23.5. The van der Waals surface area contributed by atoms with Gasteiger partial charge in [-0.3, -0.25) is 18.9 Å². The summed E-state index contributed by atoms with van der Waals surface area (Å²) >= 11 is 0. The van der Waals surface area contributed by atoms with E-state index in [0.29, 0.717) is 43.4 Å². The van der Waals surface area contributed by atoms with Crippen molar-refractivity contribution in [2.45, 2.75) is 150 Å². The van der Waals surface area contributed by atoms with Gasteiger partial charge in [0.2, 0.25) is 0 Å². The first kappa shape index (κ1) is 39.1. The highest BCUT2D eigenvalue weighted by Gasteiger charge is 2.30. The van der Waals surface area contributed by atoms with E-state index >= 15 is 0 Å². The zero-order valence-electron chi connectivity index (χ0n) is 27.0. The molecule has 0 aliphatic rings. The summed E-state index contributed by atoms with van der Waals surface area (Å²) in [6, 6.07) is 0. The van der Waals surface area contributed by atoms with Gasteiger partial charge in [0, 0.05) is 19.3 Å². The van der Waals surface area contributed by atoms with E-state index in [2.05, 4.69) is 19.2 Å². The number of unbranched alkanes of at least 4 members (excludes halogenated alkanes) is 15. The molecule has 3 atom stereocenters. The summed E-state index contributed by atoms with van der Waals surface area (Å²) in [4.78, 5) is 34.4. The first-order chi connectivity index (χ1) is 19.5. The molecule has 0 heterocycles. The average Bonchev–Trinajstić information content (AvgIpc) is 2.94. The van der Waals surface area contributed by atoms with Crippen molar-refractivity contribution in [2.24, 2.45) is 17.8 Å². The second-order valence-corrected chi connectivity index (χ2v) is 12.6. The highest BCUT2D eigenvalue weighted by Crippen LogP contribution is 2.22. The summed E-state index contributed by atoms with van der Waals surface area (Å²) in [6.07, 6.45) is 26.5. The third kappa shape index (κ3) is 21.5. The molecule has 0 bridgehead atoms. The van der Waals surface area contributed by atoms with Crippen molar-refractivity contribution >= 4 is 17.9 Å². The third-order valence-corrected chi connectivity index (χ3v) is 8.68. The van der Waals surface area contributed by atoms with Gasteiger partial charge in [0.1, 0.15) is 0 Å². The van der Waals surface area contributed by atoms with Gasteiger partial charge in [-0.2, -0.15) is 0 Å². The van der Waals surface area contributed by atoms with Crippen LogP contribution in [0.4, 0.5) is 0 Å². The Morgan fingerprint density at radius 2 is 0.829 bits per heavy atom. The zero-order valence-corrected chi connectivity index (χ0v) is 27.0. The topological polar surface area (TPSA) is 112 Å². The van der Waals surface area contributed by atoms with E-state index in [1.807, 2.05) is 0 Å². The number of aliphatic carboxylic acids is 3. The highest BCUT2D eigenvalue weighted by atomic mass is 16.4. The summed E-state index contributed by atoms with van der Waals surface area (Å²) < 4.78 is 0.436. The predicted octanol–water partition coefficient (Wildman–Crippen LogP) is 8.91. The van der Waals surface area contributed by atoms with Crippen LogP contribution in [-0.2, 0) is 14.4 Å². The molecule has 0 aromatic heterocycles. The van der Waals surface area contributed by atoms with Crippen LogP contribution in [0, 0.1) is 17.8 Å². The van der Waals surface area contributed by atoms with Gasteiger partial charge in [0.15, 0.2) is 0 Å². The highest BCUT2D eigenvalue weighted by molar-refractivity contribution is 5.70. The Morgan fingerprint density at radius 1 is 0.537 bits per heavy atom.